The smallest absolute Gasteiger partial charge is 0.305 e. The van der Waals surface area contributed by atoms with Gasteiger partial charge in [0.1, 0.15) is 12.2 Å². The van der Waals surface area contributed by atoms with Gasteiger partial charge in [0, 0.05) is 6.92 Å². The molecule has 0 aliphatic carbocycles. The molecule has 6 nitrogen and oxygen atoms in total. The van der Waals surface area contributed by atoms with Crippen molar-refractivity contribution in [2.45, 2.75) is 77.0 Å². The van der Waals surface area contributed by atoms with Crippen molar-refractivity contribution >= 4 is 24.7 Å². The zero-order valence-corrected chi connectivity index (χ0v) is 21.2. The molecular weight excluding hydrogens is 436 g/mol. The summed E-state index contributed by atoms with van der Waals surface area (Å²) in [4.78, 5) is 11.7. The highest BCUT2D eigenvalue weighted by Gasteiger charge is 2.58. The third-order valence-electron chi connectivity index (χ3n) is 6.27. The SMILES string of the molecule is CC(=O)O[C@@H]1O[C@H](CO[Si](c2ccccc2)(c2ccccc2)C(C)(C)C)[C@H]2OC(C)(C)O[C@@H]12. The van der Waals surface area contributed by atoms with Gasteiger partial charge in [0.2, 0.25) is 6.29 Å². The van der Waals surface area contributed by atoms with Crippen LogP contribution in [0, 0.1) is 0 Å². The van der Waals surface area contributed by atoms with Crippen molar-refractivity contribution in [1.29, 1.82) is 0 Å². The fourth-order valence-electron chi connectivity index (χ4n) is 5.00. The number of benzene rings is 2. The number of esters is 1. The van der Waals surface area contributed by atoms with Gasteiger partial charge in [-0.05, 0) is 29.3 Å². The Kier molecular flexibility index (Phi) is 6.55. The summed E-state index contributed by atoms with van der Waals surface area (Å²) in [6.07, 6.45) is -2.12. The molecule has 2 aromatic rings. The summed E-state index contributed by atoms with van der Waals surface area (Å²) in [5.74, 6) is -1.20. The Bertz CT molecular complexity index is 916. The molecule has 4 atom stereocenters. The molecule has 0 bridgehead atoms. The van der Waals surface area contributed by atoms with E-state index in [1.807, 2.05) is 26.0 Å². The molecule has 0 saturated carbocycles. The molecule has 0 N–H and O–H groups in total. The largest absolute Gasteiger partial charge is 0.433 e. The van der Waals surface area contributed by atoms with Crippen molar-refractivity contribution in [3.8, 4) is 0 Å². The number of carbonyl (C=O) groups excluding carboxylic acids is 1. The van der Waals surface area contributed by atoms with E-state index in [0.717, 1.165) is 0 Å². The van der Waals surface area contributed by atoms with Crippen molar-refractivity contribution in [3.63, 3.8) is 0 Å². The molecule has 2 heterocycles. The van der Waals surface area contributed by atoms with Gasteiger partial charge in [-0.2, -0.15) is 0 Å². The van der Waals surface area contributed by atoms with Crippen molar-refractivity contribution < 1.29 is 28.2 Å². The van der Waals surface area contributed by atoms with Gasteiger partial charge >= 0.3 is 5.97 Å². The van der Waals surface area contributed by atoms with E-state index in [9.17, 15) is 4.79 Å². The minimum absolute atomic E-state index is 0.157. The molecule has 0 aromatic heterocycles. The van der Waals surface area contributed by atoms with Crippen LogP contribution in [0.15, 0.2) is 60.7 Å². The first-order chi connectivity index (χ1) is 15.5. The van der Waals surface area contributed by atoms with Crippen LogP contribution in [0.5, 0.6) is 0 Å². The van der Waals surface area contributed by atoms with Gasteiger partial charge in [-0.1, -0.05) is 81.4 Å². The monoisotopic (exact) mass is 470 g/mol. The second-order valence-electron chi connectivity index (χ2n) is 10.2. The summed E-state index contributed by atoms with van der Waals surface area (Å²) in [5, 5.41) is 2.23. The summed E-state index contributed by atoms with van der Waals surface area (Å²) >= 11 is 0. The molecule has 33 heavy (non-hydrogen) atoms. The maximum Gasteiger partial charge on any atom is 0.305 e. The van der Waals surface area contributed by atoms with Crippen molar-refractivity contribution in [1.82, 2.24) is 0 Å². The summed E-state index contributed by atoms with van der Waals surface area (Å²) in [6, 6.07) is 20.9. The van der Waals surface area contributed by atoms with E-state index in [2.05, 4.69) is 69.3 Å². The Labute approximate surface area is 197 Å². The Balaban J connectivity index is 1.68. The van der Waals surface area contributed by atoms with E-state index < -0.39 is 38.6 Å². The van der Waals surface area contributed by atoms with Crippen LogP contribution in [0.2, 0.25) is 5.04 Å². The molecule has 2 aliphatic heterocycles. The van der Waals surface area contributed by atoms with Crippen LogP contribution in [-0.4, -0.2) is 51.3 Å². The molecule has 0 radical (unpaired) electrons. The Morgan fingerprint density at radius 2 is 1.45 bits per heavy atom. The van der Waals surface area contributed by atoms with Gasteiger partial charge in [0.05, 0.1) is 6.61 Å². The molecule has 0 unspecified atom stereocenters. The molecule has 2 aromatic carbocycles. The fourth-order valence-corrected chi connectivity index (χ4v) is 9.57. The molecule has 2 aliphatic rings. The van der Waals surface area contributed by atoms with Gasteiger partial charge in [-0.3, -0.25) is 4.79 Å². The maximum absolute atomic E-state index is 11.7. The highest BCUT2D eigenvalue weighted by molar-refractivity contribution is 6.99. The van der Waals surface area contributed by atoms with Crippen molar-refractivity contribution in [3.05, 3.63) is 60.7 Å². The fraction of sp³-hybridized carbons (Fsp3) is 0.500. The standard InChI is InChI=1S/C26H34O6Si/c1-18(27)29-24-23-22(31-26(5,6)32-23)21(30-24)17-28-33(25(2,3)4,19-13-9-7-10-14-19)20-15-11-8-12-16-20/h7-16,21-24H,17H2,1-6H3/t21-,22-,23-,24-/m1/s1. The van der Waals surface area contributed by atoms with E-state index in [0.29, 0.717) is 6.61 Å². The van der Waals surface area contributed by atoms with Gasteiger partial charge in [-0.15, -0.1) is 0 Å². The van der Waals surface area contributed by atoms with Crippen LogP contribution in [0.4, 0.5) is 0 Å². The molecule has 0 amide bonds. The zero-order valence-electron chi connectivity index (χ0n) is 20.2. The highest BCUT2D eigenvalue weighted by atomic mass is 28.4. The average Bonchev–Trinajstić information content (AvgIpc) is 3.22. The van der Waals surface area contributed by atoms with Gasteiger partial charge < -0.3 is 23.4 Å². The van der Waals surface area contributed by atoms with E-state index in [4.69, 9.17) is 23.4 Å². The second-order valence-corrected chi connectivity index (χ2v) is 14.5. The van der Waals surface area contributed by atoms with Crippen LogP contribution in [0.25, 0.3) is 0 Å². The molecule has 2 saturated heterocycles. The van der Waals surface area contributed by atoms with E-state index in [1.165, 1.54) is 17.3 Å². The lowest BCUT2D eigenvalue weighted by Crippen LogP contribution is -2.67. The first-order valence-corrected chi connectivity index (χ1v) is 13.4. The number of carbonyl (C=O) groups is 1. The Morgan fingerprint density at radius 1 is 0.939 bits per heavy atom. The molecular formula is C26H34O6Si. The van der Waals surface area contributed by atoms with Gasteiger partial charge in [0.15, 0.2) is 11.9 Å². The van der Waals surface area contributed by atoms with Crippen molar-refractivity contribution in [2.24, 2.45) is 0 Å². The van der Waals surface area contributed by atoms with E-state index in [-0.39, 0.29) is 11.1 Å². The molecule has 178 valence electrons. The molecule has 4 rings (SSSR count). The Hall–Kier alpha value is -2.03. The highest BCUT2D eigenvalue weighted by Crippen LogP contribution is 2.41. The second kappa shape index (κ2) is 8.96. The van der Waals surface area contributed by atoms with Gasteiger partial charge in [-0.25, -0.2) is 0 Å². The average molecular weight is 471 g/mol. The van der Waals surface area contributed by atoms with Crippen LogP contribution in [-0.2, 0) is 28.2 Å². The van der Waals surface area contributed by atoms with Crippen molar-refractivity contribution in [2.75, 3.05) is 6.61 Å². The summed E-state index contributed by atoms with van der Waals surface area (Å²) < 4.78 is 30.7. The predicted molar refractivity (Wildman–Crippen MR) is 128 cm³/mol. The third-order valence-corrected chi connectivity index (χ3v) is 11.3. The first kappa shape index (κ1) is 24.1. The number of hydrogen-bond donors (Lipinski definition) is 0. The number of hydrogen-bond acceptors (Lipinski definition) is 6. The minimum atomic E-state index is -2.73. The summed E-state index contributed by atoms with van der Waals surface area (Å²) in [6.45, 7) is 12.1. The van der Waals surface area contributed by atoms with Crippen LogP contribution in [0.3, 0.4) is 0 Å². The zero-order chi connectivity index (χ0) is 23.9. The predicted octanol–water partition coefficient (Wildman–Crippen LogP) is 3.37. The van der Waals surface area contributed by atoms with Crippen LogP contribution >= 0.6 is 0 Å². The van der Waals surface area contributed by atoms with Crippen LogP contribution in [0.1, 0.15) is 41.5 Å². The lowest BCUT2D eigenvalue weighted by Gasteiger charge is -2.43. The quantitative estimate of drug-likeness (QED) is 0.477. The third kappa shape index (κ3) is 4.65. The van der Waals surface area contributed by atoms with Gasteiger partial charge in [0.25, 0.3) is 8.32 Å². The number of ether oxygens (including phenoxy) is 4. The lowest BCUT2D eigenvalue weighted by atomic mass is 10.1. The topological polar surface area (TPSA) is 63.2 Å². The number of fused-ring (bicyclic) bond motifs is 1. The summed E-state index contributed by atoms with van der Waals surface area (Å²) in [7, 11) is -2.73. The summed E-state index contributed by atoms with van der Waals surface area (Å²) in [5.41, 5.74) is 0. The first-order valence-electron chi connectivity index (χ1n) is 11.5. The minimum Gasteiger partial charge on any atom is -0.433 e. The lowest BCUT2D eigenvalue weighted by molar-refractivity contribution is -0.233. The maximum atomic E-state index is 11.7. The van der Waals surface area contributed by atoms with E-state index >= 15 is 0 Å². The Morgan fingerprint density at radius 3 is 1.94 bits per heavy atom. The molecule has 7 heteroatoms. The number of rotatable bonds is 6. The molecule has 2 fully saturated rings. The van der Waals surface area contributed by atoms with E-state index in [1.54, 1.807) is 0 Å². The normalized spacial score (nSPS) is 26.7. The van der Waals surface area contributed by atoms with Crippen LogP contribution < -0.4 is 10.4 Å². The molecule has 0 spiro atoms.